The third-order valence-corrected chi connectivity index (χ3v) is 4.62. The van der Waals surface area contributed by atoms with E-state index in [0.29, 0.717) is 12.3 Å². The predicted octanol–water partition coefficient (Wildman–Crippen LogP) is 3.28. The summed E-state index contributed by atoms with van der Waals surface area (Å²) in [6.45, 7) is 1.63. The summed E-state index contributed by atoms with van der Waals surface area (Å²) in [4.78, 5) is 18.9. The summed E-state index contributed by atoms with van der Waals surface area (Å²) in [6, 6.07) is 12.3. The molecule has 0 saturated carbocycles. The van der Waals surface area contributed by atoms with E-state index in [9.17, 15) is 4.79 Å². The Balaban J connectivity index is 1.49. The second-order valence-electron chi connectivity index (χ2n) is 6.28. The number of aromatic nitrogens is 1. The molecule has 1 N–H and O–H groups in total. The van der Waals surface area contributed by atoms with Gasteiger partial charge in [-0.05, 0) is 49.4 Å². The molecule has 0 aliphatic carbocycles. The second-order valence-corrected chi connectivity index (χ2v) is 6.28. The number of rotatable bonds is 3. The van der Waals surface area contributed by atoms with Gasteiger partial charge >= 0.3 is 0 Å². The van der Waals surface area contributed by atoms with Gasteiger partial charge in [0.2, 0.25) is 0 Å². The summed E-state index contributed by atoms with van der Waals surface area (Å²) in [7, 11) is 0. The summed E-state index contributed by atoms with van der Waals surface area (Å²) >= 11 is 0. The van der Waals surface area contributed by atoms with E-state index >= 15 is 0 Å². The first kappa shape index (κ1) is 15.1. The molecular formula is C19H21N3O2. The third-order valence-electron chi connectivity index (χ3n) is 4.62. The average Bonchev–Trinajstić information content (AvgIpc) is 3.17. The minimum absolute atomic E-state index is 0.0784. The van der Waals surface area contributed by atoms with E-state index < -0.39 is 0 Å². The Kier molecular flexibility index (Phi) is 4.17. The Hall–Kier alpha value is -2.40. The van der Waals surface area contributed by atoms with Gasteiger partial charge in [-0.15, -0.1) is 0 Å². The topological polar surface area (TPSA) is 54.5 Å². The molecule has 2 aromatic rings. The molecule has 1 amide bonds. The van der Waals surface area contributed by atoms with Crippen LogP contribution in [0.5, 0.6) is 0 Å². The Morgan fingerprint density at radius 3 is 2.92 bits per heavy atom. The zero-order valence-electron chi connectivity index (χ0n) is 13.6. The summed E-state index contributed by atoms with van der Waals surface area (Å²) in [5, 5.41) is 2.89. The van der Waals surface area contributed by atoms with Crippen molar-refractivity contribution in [3.8, 4) is 0 Å². The lowest BCUT2D eigenvalue weighted by Crippen LogP contribution is -2.27. The number of amides is 1. The third kappa shape index (κ3) is 2.99. The number of nitrogens with one attached hydrogen (secondary N) is 1. The van der Waals surface area contributed by atoms with E-state index in [-0.39, 0.29) is 12.0 Å². The number of carbonyl (C=O) groups excluding carboxylic acids is 1. The number of hydrogen-bond donors (Lipinski definition) is 1. The van der Waals surface area contributed by atoms with Crippen molar-refractivity contribution in [3.63, 3.8) is 0 Å². The van der Waals surface area contributed by atoms with Crippen LogP contribution < -0.4 is 10.2 Å². The molecule has 5 nitrogen and oxygen atoms in total. The van der Waals surface area contributed by atoms with Crippen molar-refractivity contribution in [2.45, 2.75) is 31.8 Å². The Morgan fingerprint density at radius 2 is 2.12 bits per heavy atom. The standard InChI is InChI=1S/C19H21N3O2/c23-19(17-8-4-12-24-17)21-15-9-10-18(20-13-15)22-11-3-6-14-5-1-2-7-16(14)22/h1-2,5,7,9-10,13,17H,3-4,6,8,11-12H2,(H,21,23). The molecular weight excluding hydrogens is 302 g/mol. The Bertz CT molecular complexity index is 724. The van der Waals surface area contributed by atoms with E-state index in [1.54, 1.807) is 6.20 Å². The quantitative estimate of drug-likeness (QED) is 0.942. The fourth-order valence-corrected chi connectivity index (χ4v) is 3.40. The first-order valence-corrected chi connectivity index (χ1v) is 8.55. The van der Waals surface area contributed by atoms with Crippen molar-refractivity contribution in [3.05, 3.63) is 48.2 Å². The number of carbonyl (C=O) groups is 1. The number of ether oxygens (including phenoxy) is 1. The van der Waals surface area contributed by atoms with Gasteiger partial charge in [-0.25, -0.2) is 4.98 Å². The van der Waals surface area contributed by atoms with Gasteiger partial charge in [0, 0.05) is 18.8 Å². The number of aryl methyl sites for hydroxylation is 1. The predicted molar refractivity (Wildman–Crippen MR) is 93.6 cm³/mol. The fourth-order valence-electron chi connectivity index (χ4n) is 3.40. The van der Waals surface area contributed by atoms with Crippen LogP contribution in [0.3, 0.4) is 0 Å². The molecule has 3 heterocycles. The highest BCUT2D eigenvalue weighted by atomic mass is 16.5. The lowest BCUT2D eigenvalue weighted by molar-refractivity contribution is -0.124. The second kappa shape index (κ2) is 6.61. The summed E-state index contributed by atoms with van der Waals surface area (Å²) in [6.07, 6.45) is 5.38. The van der Waals surface area contributed by atoms with E-state index in [1.807, 2.05) is 12.1 Å². The van der Waals surface area contributed by atoms with E-state index in [1.165, 1.54) is 11.3 Å². The maximum atomic E-state index is 12.1. The van der Waals surface area contributed by atoms with Gasteiger partial charge in [0.25, 0.3) is 5.91 Å². The van der Waals surface area contributed by atoms with Crippen LogP contribution in [0.2, 0.25) is 0 Å². The SMILES string of the molecule is O=C(Nc1ccc(N2CCCc3ccccc32)nc1)C1CCCO1. The number of fused-ring (bicyclic) bond motifs is 1. The summed E-state index contributed by atoms with van der Waals surface area (Å²) in [5.74, 6) is 0.836. The zero-order chi connectivity index (χ0) is 16.4. The molecule has 1 unspecified atom stereocenters. The molecule has 0 radical (unpaired) electrons. The van der Waals surface area contributed by atoms with E-state index in [4.69, 9.17) is 4.74 Å². The first-order valence-electron chi connectivity index (χ1n) is 8.55. The summed E-state index contributed by atoms with van der Waals surface area (Å²) in [5.41, 5.74) is 3.30. The van der Waals surface area contributed by atoms with Gasteiger partial charge in [0.15, 0.2) is 0 Å². The normalized spacial score (nSPS) is 19.8. The van der Waals surface area contributed by atoms with E-state index in [2.05, 4.69) is 39.5 Å². The van der Waals surface area contributed by atoms with Crippen LogP contribution in [0.15, 0.2) is 42.6 Å². The number of para-hydroxylation sites is 1. The molecule has 1 aromatic heterocycles. The summed E-state index contributed by atoms with van der Waals surface area (Å²) < 4.78 is 5.40. The Labute approximate surface area is 141 Å². The van der Waals surface area contributed by atoms with Crippen LogP contribution in [0.4, 0.5) is 17.2 Å². The number of pyridine rings is 1. The molecule has 1 fully saturated rings. The number of hydrogen-bond acceptors (Lipinski definition) is 4. The van der Waals surface area contributed by atoms with E-state index in [0.717, 1.165) is 38.0 Å². The molecule has 1 atom stereocenters. The largest absolute Gasteiger partial charge is 0.368 e. The molecule has 0 spiro atoms. The molecule has 0 bridgehead atoms. The minimum atomic E-state index is -0.321. The fraction of sp³-hybridized carbons (Fsp3) is 0.368. The molecule has 24 heavy (non-hydrogen) atoms. The highest BCUT2D eigenvalue weighted by molar-refractivity contribution is 5.94. The monoisotopic (exact) mass is 323 g/mol. The minimum Gasteiger partial charge on any atom is -0.368 e. The van der Waals surface area contributed by atoms with Crippen LogP contribution in [-0.4, -0.2) is 30.1 Å². The van der Waals surface area contributed by atoms with Crippen molar-refractivity contribution in [1.29, 1.82) is 0 Å². The van der Waals surface area contributed by atoms with Gasteiger partial charge in [-0.1, -0.05) is 18.2 Å². The van der Waals surface area contributed by atoms with Crippen molar-refractivity contribution in [2.24, 2.45) is 0 Å². The number of anilines is 3. The van der Waals surface area contributed by atoms with Crippen LogP contribution in [0, 0.1) is 0 Å². The van der Waals surface area contributed by atoms with Gasteiger partial charge in [-0.3, -0.25) is 4.79 Å². The zero-order valence-corrected chi connectivity index (χ0v) is 13.6. The van der Waals surface area contributed by atoms with Crippen molar-refractivity contribution < 1.29 is 9.53 Å². The van der Waals surface area contributed by atoms with Gasteiger partial charge < -0.3 is 15.0 Å². The van der Waals surface area contributed by atoms with Crippen LogP contribution in [0.1, 0.15) is 24.8 Å². The molecule has 1 saturated heterocycles. The molecule has 2 aliphatic rings. The average molecular weight is 323 g/mol. The molecule has 124 valence electrons. The number of nitrogens with zero attached hydrogens (tertiary/aromatic N) is 2. The lowest BCUT2D eigenvalue weighted by atomic mass is 10.0. The van der Waals surface area contributed by atoms with Gasteiger partial charge in [0.05, 0.1) is 11.9 Å². The molecule has 1 aromatic carbocycles. The van der Waals surface area contributed by atoms with Gasteiger partial charge in [-0.2, -0.15) is 0 Å². The maximum Gasteiger partial charge on any atom is 0.253 e. The highest BCUT2D eigenvalue weighted by Gasteiger charge is 2.24. The van der Waals surface area contributed by atoms with Crippen LogP contribution in [-0.2, 0) is 16.0 Å². The molecule has 5 heteroatoms. The van der Waals surface area contributed by atoms with Crippen molar-refractivity contribution >= 4 is 23.1 Å². The molecule has 4 rings (SSSR count). The maximum absolute atomic E-state index is 12.1. The van der Waals surface area contributed by atoms with Gasteiger partial charge in [0.1, 0.15) is 11.9 Å². The van der Waals surface area contributed by atoms with Crippen molar-refractivity contribution in [1.82, 2.24) is 4.98 Å². The van der Waals surface area contributed by atoms with Crippen LogP contribution in [0.25, 0.3) is 0 Å². The first-order chi connectivity index (χ1) is 11.8. The van der Waals surface area contributed by atoms with Crippen molar-refractivity contribution in [2.75, 3.05) is 23.4 Å². The highest BCUT2D eigenvalue weighted by Crippen LogP contribution is 2.32. The lowest BCUT2D eigenvalue weighted by Gasteiger charge is -2.30. The smallest absolute Gasteiger partial charge is 0.253 e. The molecule has 2 aliphatic heterocycles. The Morgan fingerprint density at radius 1 is 1.21 bits per heavy atom. The number of benzene rings is 1. The van der Waals surface area contributed by atoms with Crippen LogP contribution >= 0.6 is 0 Å².